The quantitative estimate of drug-likeness (QED) is 0.0925. The molecule has 0 bridgehead atoms. The molecule has 7 rings (SSSR count). The molecule has 7 aromatic rings. The van der Waals surface area contributed by atoms with Crippen LogP contribution in [-0.2, 0) is 17.6 Å². The Labute approximate surface area is 360 Å². The molecule has 5 aromatic carbocycles. The molecule has 2 heterocycles. The van der Waals surface area contributed by atoms with Crippen LogP contribution >= 0.6 is 0 Å². The van der Waals surface area contributed by atoms with Crippen molar-refractivity contribution in [2.24, 2.45) is 0 Å². The van der Waals surface area contributed by atoms with Crippen LogP contribution in [-0.4, -0.2) is 57.6 Å². The van der Waals surface area contributed by atoms with Crippen molar-refractivity contribution in [2.75, 3.05) is 19.8 Å². The van der Waals surface area contributed by atoms with E-state index in [1.807, 2.05) is 118 Å². The Morgan fingerprint density at radius 3 is 1.68 bits per heavy atom. The second kappa shape index (κ2) is 21.2. The van der Waals surface area contributed by atoms with E-state index < -0.39 is 24.6 Å². The molecule has 1 atom stereocenters. The standard InChI is InChI=1S/C30H30N2O6.C20H19NO3/c1-20-12-14-25(15-13-20)38-30(35)32(19-28(33)34)21(2)24-10-7-11-26(18-24)36-17-16-27-22(3)37-29(31-27)23-8-5-4-6-9-23;1-14(22)17-9-6-10-18(13-17)23-12-11-19-15(2)24-20(21-19)16-7-4-3-5-8-16/h4-15,18,21H,16-17,19H2,1-3H3,(H,33,34);3-10,13H,11-12H2,1-2H3. The molecule has 0 saturated carbocycles. The summed E-state index contributed by atoms with van der Waals surface area (Å²) in [4.78, 5) is 46.1. The molecular formula is C50H49N3O9. The van der Waals surface area contributed by atoms with E-state index in [0.29, 0.717) is 66.2 Å². The highest BCUT2D eigenvalue weighted by Crippen LogP contribution is 2.27. The van der Waals surface area contributed by atoms with Crippen LogP contribution < -0.4 is 14.2 Å². The minimum Gasteiger partial charge on any atom is -0.493 e. The summed E-state index contributed by atoms with van der Waals surface area (Å²) in [6.45, 7) is 9.34. The number of aryl methyl sites for hydroxylation is 3. The van der Waals surface area contributed by atoms with E-state index in [-0.39, 0.29) is 5.78 Å². The minimum atomic E-state index is -1.14. The highest BCUT2D eigenvalue weighted by molar-refractivity contribution is 5.94. The van der Waals surface area contributed by atoms with E-state index in [0.717, 1.165) is 39.6 Å². The van der Waals surface area contributed by atoms with Crippen LogP contribution in [0.5, 0.6) is 17.2 Å². The van der Waals surface area contributed by atoms with Gasteiger partial charge in [-0.2, -0.15) is 0 Å². The number of ether oxygens (including phenoxy) is 3. The summed E-state index contributed by atoms with van der Waals surface area (Å²) in [5.74, 6) is 3.27. The van der Waals surface area contributed by atoms with Gasteiger partial charge < -0.3 is 28.2 Å². The summed E-state index contributed by atoms with van der Waals surface area (Å²) < 4.78 is 28.7. The summed E-state index contributed by atoms with van der Waals surface area (Å²) in [5.41, 5.74) is 5.97. The monoisotopic (exact) mass is 835 g/mol. The number of hydrogen-bond acceptors (Lipinski definition) is 10. The third-order valence-corrected chi connectivity index (χ3v) is 9.86. The topological polar surface area (TPSA) is 154 Å². The summed E-state index contributed by atoms with van der Waals surface area (Å²) in [7, 11) is 0. The summed E-state index contributed by atoms with van der Waals surface area (Å²) in [5, 5.41) is 9.42. The molecule has 0 aliphatic carbocycles. The number of amides is 1. The van der Waals surface area contributed by atoms with Gasteiger partial charge in [0, 0.05) is 29.5 Å². The molecule has 12 heteroatoms. The minimum absolute atomic E-state index is 0.0281. The van der Waals surface area contributed by atoms with Crippen LogP contribution in [0.25, 0.3) is 22.9 Å². The fourth-order valence-electron chi connectivity index (χ4n) is 6.38. The Morgan fingerprint density at radius 2 is 1.16 bits per heavy atom. The number of aromatic nitrogens is 2. The number of carboxylic acid groups (broad SMARTS) is 1. The zero-order chi connectivity index (χ0) is 44.0. The fourth-order valence-corrected chi connectivity index (χ4v) is 6.38. The molecule has 0 aliphatic heterocycles. The number of ketones is 1. The number of carbonyl (C=O) groups is 3. The molecule has 0 aliphatic rings. The molecule has 12 nitrogen and oxygen atoms in total. The smallest absolute Gasteiger partial charge is 0.416 e. The number of oxazole rings is 2. The lowest BCUT2D eigenvalue weighted by molar-refractivity contribution is -0.138. The van der Waals surface area contributed by atoms with Gasteiger partial charge in [0.05, 0.1) is 30.6 Å². The van der Waals surface area contributed by atoms with Crippen molar-refractivity contribution in [3.63, 3.8) is 0 Å². The number of benzene rings is 5. The van der Waals surface area contributed by atoms with Crippen LogP contribution in [0, 0.1) is 20.8 Å². The highest BCUT2D eigenvalue weighted by atomic mass is 16.6. The van der Waals surface area contributed by atoms with Crippen LogP contribution in [0.4, 0.5) is 4.79 Å². The molecule has 0 saturated heterocycles. The predicted octanol–water partition coefficient (Wildman–Crippen LogP) is 10.7. The predicted molar refractivity (Wildman–Crippen MR) is 235 cm³/mol. The molecule has 2 aromatic heterocycles. The first-order chi connectivity index (χ1) is 29.9. The number of aliphatic carboxylic acids is 1. The van der Waals surface area contributed by atoms with Crippen molar-refractivity contribution >= 4 is 17.8 Å². The second-order valence-corrected chi connectivity index (χ2v) is 14.5. The third-order valence-electron chi connectivity index (χ3n) is 9.86. The van der Waals surface area contributed by atoms with Crippen molar-refractivity contribution < 1.29 is 42.5 Å². The van der Waals surface area contributed by atoms with E-state index in [9.17, 15) is 19.5 Å². The van der Waals surface area contributed by atoms with Crippen molar-refractivity contribution in [3.05, 3.63) is 173 Å². The highest BCUT2D eigenvalue weighted by Gasteiger charge is 2.26. The lowest BCUT2D eigenvalue weighted by Crippen LogP contribution is -2.39. The van der Waals surface area contributed by atoms with Crippen LogP contribution in [0.2, 0.25) is 0 Å². The van der Waals surface area contributed by atoms with Gasteiger partial charge in [-0.1, -0.05) is 78.4 Å². The van der Waals surface area contributed by atoms with E-state index in [2.05, 4.69) is 9.97 Å². The second-order valence-electron chi connectivity index (χ2n) is 14.5. The Morgan fingerprint density at radius 1 is 0.645 bits per heavy atom. The van der Waals surface area contributed by atoms with Crippen molar-refractivity contribution in [2.45, 2.75) is 53.5 Å². The average Bonchev–Trinajstić information content (AvgIpc) is 3.85. The fraction of sp³-hybridized carbons (Fsp3) is 0.220. The van der Waals surface area contributed by atoms with Crippen molar-refractivity contribution in [3.8, 4) is 40.2 Å². The maximum absolute atomic E-state index is 12.9. The van der Waals surface area contributed by atoms with Gasteiger partial charge in [-0.15, -0.1) is 0 Å². The van der Waals surface area contributed by atoms with Gasteiger partial charge in [-0.3, -0.25) is 14.5 Å². The molecular weight excluding hydrogens is 787 g/mol. The lowest BCUT2D eigenvalue weighted by atomic mass is 10.1. The summed E-state index contributed by atoms with van der Waals surface area (Å²) in [6, 6.07) is 40.4. The average molecular weight is 836 g/mol. The van der Waals surface area contributed by atoms with Crippen molar-refractivity contribution in [1.82, 2.24) is 14.9 Å². The Hall–Kier alpha value is -7.47. The SMILES string of the molecule is CC(=O)c1cccc(OCCc2nc(-c3ccccc3)oc2C)c1.Cc1ccc(OC(=O)N(CC(=O)O)C(C)c2cccc(OCCc3nc(-c4ccccc4)oc3C)c2)cc1. The van der Waals surface area contributed by atoms with E-state index in [1.165, 1.54) is 4.90 Å². The van der Waals surface area contributed by atoms with Crippen LogP contribution in [0.1, 0.15) is 64.3 Å². The number of carbonyl (C=O) groups excluding carboxylic acids is 2. The Kier molecular flexibility index (Phi) is 15.1. The molecule has 1 amide bonds. The summed E-state index contributed by atoms with van der Waals surface area (Å²) in [6.07, 6.45) is 0.452. The number of nitrogens with zero attached hydrogens (tertiary/aromatic N) is 3. The molecule has 62 heavy (non-hydrogen) atoms. The van der Waals surface area contributed by atoms with Gasteiger partial charge >= 0.3 is 12.1 Å². The lowest BCUT2D eigenvalue weighted by Gasteiger charge is -2.27. The van der Waals surface area contributed by atoms with E-state index in [1.54, 1.807) is 50.2 Å². The maximum atomic E-state index is 12.9. The van der Waals surface area contributed by atoms with E-state index in [4.69, 9.17) is 23.0 Å². The van der Waals surface area contributed by atoms with Gasteiger partial charge in [0.15, 0.2) is 5.78 Å². The van der Waals surface area contributed by atoms with Crippen molar-refractivity contribution in [1.29, 1.82) is 0 Å². The van der Waals surface area contributed by atoms with Gasteiger partial charge in [-0.25, -0.2) is 14.8 Å². The number of hydrogen-bond donors (Lipinski definition) is 1. The largest absolute Gasteiger partial charge is 0.493 e. The van der Waals surface area contributed by atoms with Gasteiger partial charge in [0.2, 0.25) is 11.8 Å². The first-order valence-electron chi connectivity index (χ1n) is 20.2. The first-order valence-corrected chi connectivity index (χ1v) is 20.2. The molecule has 0 fully saturated rings. The van der Waals surface area contributed by atoms with E-state index >= 15 is 0 Å². The molecule has 0 radical (unpaired) electrons. The third kappa shape index (κ3) is 12.3. The molecule has 0 spiro atoms. The van der Waals surface area contributed by atoms with Crippen LogP contribution in [0.3, 0.4) is 0 Å². The number of rotatable bonds is 16. The first kappa shape index (κ1) is 44.1. The Balaban J connectivity index is 0.000000229. The van der Waals surface area contributed by atoms with Gasteiger partial charge in [0.25, 0.3) is 0 Å². The summed E-state index contributed by atoms with van der Waals surface area (Å²) >= 11 is 0. The van der Waals surface area contributed by atoms with Gasteiger partial charge in [0.1, 0.15) is 35.3 Å². The number of carboxylic acids is 1. The molecule has 1 N–H and O–H groups in total. The normalized spacial score (nSPS) is 11.2. The van der Waals surface area contributed by atoms with Crippen LogP contribution in [0.15, 0.2) is 142 Å². The zero-order valence-corrected chi connectivity index (χ0v) is 35.4. The maximum Gasteiger partial charge on any atom is 0.416 e. The zero-order valence-electron chi connectivity index (χ0n) is 35.4. The molecule has 1 unspecified atom stereocenters. The van der Waals surface area contributed by atoms with Gasteiger partial charge in [-0.05, 0) is 101 Å². The Bertz CT molecular complexity index is 2570. The number of Topliss-reactive ketones (excluding diaryl/α,β-unsaturated/α-hetero) is 1. The molecule has 318 valence electrons.